The van der Waals surface area contributed by atoms with E-state index in [4.69, 9.17) is 0 Å². The molecule has 0 spiro atoms. The Kier molecular flexibility index (Phi) is 11.3. The van der Waals surface area contributed by atoms with Crippen LogP contribution in [0.15, 0.2) is 115 Å². The van der Waals surface area contributed by atoms with E-state index >= 15 is 4.39 Å². The predicted molar refractivity (Wildman–Crippen MR) is 206 cm³/mol. The minimum atomic E-state index is -1.41. The van der Waals surface area contributed by atoms with E-state index in [1.807, 2.05) is 112 Å². The summed E-state index contributed by atoms with van der Waals surface area (Å²) in [6.45, 7) is 5.15. The van der Waals surface area contributed by atoms with E-state index in [1.54, 1.807) is 17.6 Å². The number of nitrogens with zero attached hydrogens (tertiary/aromatic N) is 2. The van der Waals surface area contributed by atoms with Crippen LogP contribution in [0.5, 0.6) is 0 Å². The molecule has 53 heavy (non-hydrogen) atoms. The van der Waals surface area contributed by atoms with Crippen LogP contribution < -0.4 is 10.6 Å². The number of carbonyl (C=O) groups is 3. The Morgan fingerprint density at radius 1 is 0.943 bits per heavy atom. The average Bonchev–Trinajstić information content (AvgIpc) is 3.78. The number of amides is 3. The molecule has 0 saturated carbocycles. The lowest BCUT2D eigenvalue weighted by Gasteiger charge is -2.44. The van der Waals surface area contributed by atoms with E-state index in [-0.39, 0.29) is 25.1 Å². The minimum Gasteiger partial charge on any atom is -0.465 e. The number of β-amino-alcohol motifs (C(OH)–C–C–N with tert-alkyl or cyclic N) is 1. The first-order valence-electron chi connectivity index (χ1n) is 17.2. The summed E-state index contributed by atoms with van der Waals surface area (Å²) in [6, 6.07) is 31.8. The summed E-state index contributed by atoms with van der Waals surface area (Å²) in [6.07, 6.45) is -2.49. The molecular weight excluding hydrogens is 712 g/mol. The molecule has 1 aliphatic heterocycles. The number of thiazole rings is 1. The Labute approximate surface area is 316 Å². The van der Waals surface area contributed by atoms with Crippen molar-refractivity contribution >= 4 is 41.0 Å². The monoisotopic (exact) mass is 752 g/mol. The third-order valence-electron chi connectivity index (χ3n) is 9.55. The van der Waals surface area contributed by atoms with Gasteiger partial charge in [-0.3, -0.25) is 9.59 Å². The summed E-state index contributed by atoms with van der Waals surface area (Å²) >= 11 is 2.84. The molecule has 0 bridgehead atoms. The van der Waals surface area contributed by atoms with Gasteiger partial charge in [0, 0.05) is 29.8 Å². The van der Waals surface area contributed by atoms with Crippen LogP contribution in [-0.4, -0.2) is 67.5 Å². The van der Waals surface area contributed by atoms with E-state index in [9.17, 15) is 24.6 Å². The normalized spacial score (nSPS) is 16.6. The Balaban J connectivity index is 1.30. The lowest BCUT2D eigenvalue weighted by molar-refractivity contribution is -0.140. The van der Waals surface area contributed by atoms with Crippen molar-refractivity contribution in [1.82, 2.24) is 20.5 Å². The number of likely N-dealkylation sites (tertiary alicyclic amines) is 1. The van der Waals surface area contributed by atoms with Crippen LogP contribution in [-0.2, 0) is 20.9 Å². The number of thioether (sulfide) groups is 1. The molecular formula is C41H41FN4O5S2. The maximum atomic E-state index is 15.2. The summed E-state index contributed by atoms with van der Waals surface area (Å²) in [5.74, 6) is -1.73. The number of hydrogen-bond donors (Lipinski definition) is 4. The number of hydrogen-bond acceptors (Lipinski definition) is 7. The first-order valence-corrected chi connectivity index (χ1v) is 18.9. The zero-order valence-corrected chi connectivity index (χ0v) is 31.2. The number of carbonyl (C=O) groups excluding carboxylic acids is 2. The second-order valence-corrected chi connectivity index (χ2v) is 16.3. The van der Waals surface area contributed by atoms with Gasteiger partial charge in [0.2, 0.25) is 11.8 Å². The summed E-state index contributed by atoms with van der Waals surface area (Å²) in [4.78, 5) is 47.0. The molecule has 4 aromatic carbocycles. The molecule has 2 heterocycles. The van der Waals surface area contributed by atoms with Crippen LogP contribution in [0.2, 0.25) is 0 Å². The lowest BCUT2D eigenvalue weighted by atomic mass is 9.84. The van der Waals surface area contributed by atoms with Gasteiger partial charge in [-0.25, -0.2) is 14.2 Å². The smallest absolute Gasteiger partial charge is 0.405 e. The largest absolute Gasteiger partial charge is 0.465 e. The van der Waals surface area contributed by atoms with Crippen molar-refractivity contribution in [2.75, 3.05) is 6.54 Å². The SMILES string of the molecule is Cc1ncsc1-c1ccc(CNC(=O)[C@H]2C[C@@H](O)CN2C(=O)[C@@H](NC(=O)O)C(C)(C)SC(c2ccccc2)(c2ccccc2)c2ccccc2)c(F)c1. The van der Waals surface area contributed by atoms with E-state index in [0.29, 0.717) is 5.56 Å². The number of halogens is 1. The maximum Gasteiger partial charge on any atom is 0.405 e. The number of rotatable bonds is 12. The summed E-state index contributed by atoms with van der Waals surface area (Å²) in [5.41, 5.74) is 6.20. The molecule has 1 fully saturated rings. The maximum absolute atomic E-state index is 15.2. The van der Waals surface area contributed by atoms with Gasteiger partial charge in [0.25, 0.3) is 0 Å². The highest BCUT2D eigenvalue weighted by Crippen LogP contribution is 2.54. The van der Waals surface area contributed by atoms with Gasteiger partial charge in [0.05, 0.1) is 26.9 Å². The van der Waals surface area contributed by atoms with E-state index < -0.39 is 51.4 Å². The molecule has 0 unspecified atom stereocenters. The molecule has 0 radical (unpaired) electrons. The standard InChI is InChI=1S/C41H41FN4O5S2/c1-26-35(52-25-44-26)27-19-20-28(33(42)21-27)23-43-37(48)34-22-32(47)24-46(34)38(49)36(45-39(50)51)40(2,3)53-41(29-13-7-4-8-14-29,30-15-9-5-10-16-30)31-17-11-6-12-18-31/h4-21,25,32,34,36,45,47H,22-24H2,1-3H3,(H,43,48)(H,50,51)/t32-,34-,36-/m1/s1. The summed E-state index contributed by atoms with van der Waals surface area (Å²) < 4.78 is 13.1. The number of aromatic nitrogens is 1. The molecule has 4 N–H and O–H groups in total. The molecule has 274 valence electrons. The fraction of sp³-hybridized carbons (Fsp3) is 0.268. The van der Waals surface area contributed by atoms with Crippen LogP contribution >= 0.6 is 23.1 Å². The van der Waals surface area contributed by atoms with Gasteiger partial charge in [-0.1, -0.05) is 103 Å². The van der Waals surface area contributed by atoms with Crippen molar-refractivity contribution in [3.63, 3.8) is 0 Å². The Morgan fingerprint density at radius 2 is 1.51 bits per heavy atom. The van der Waals surface area contributed by atoms with Gasteiger partial charge in [-0.2, -0.15) is 0 Å². The molecule has 1 saturated heterocycles. The fourth-order valence-corrected chi connectivity index (χ4v) is 9.62. The lowest BCUT2D eigenvalue weighted by Crippen LogP contribution is -2.60. The van der Waals surface area contributed by atoms with E-state index in [1.165, 1.54) is 34.1 Å². The molecule has 3 amide bonds. The Hall–Kier alpha value is -5.04. The van der Waals surface area contributed by atoms with Crippen molar-refractivity contribution in [2.45, 2.75) is 61.4 Å². The molecule has 1 aromatic heterocycles. The predicted octanol–water partition coefficient (Wildman–Crippen LogP) is 6.98. The first kappa shape index (κ1) is 37.7. The van der Waals surface area contributed by atoms with Crippen molar-refractivity contribution in [3.05, 3.63) is 148 Å². The topological polar surface area (TPSA) is 132 Å². The minimum absolute atomic E-state index is 0.0566. The second-order valence-electron chi connectivity index (χ2n) is 13.6. The third kappa shape index (κ3) is 8.00. The third-order valence-corrected chi connectivity index (χ3v) is 12.3. The van der Waals surface area contributed by atoms with Gasteiger partial charge in [0.15, 0.2) is 0 Å². The zero-order valence-electron chi connectivity index (χ0n) is 29.5. The van der Waals surface area contributed by atoms with Crippen LogP contribution in [0.25, 0.3) is 10.4 Å². The number of aliphatic hydroxyl groups is 1. The van der Waals surface area contributed by atoms with Crippen molar-refractivity contribution in [2.24, 2.45) is 0 Å². The van der Waals surface area contributed by atoms with Crippen LogP contribution in [0.1, 0.15) is 48.2 Å². The highest BCUT2D eigenvalue weighted by Gasteiger charge is 2.50. The van der Waals surface area contributed by atoms with Gasteiger partial charge in [0.1, 0.15) is 17.9 Å². The zero-order chi connectivity index (χ0) is 37.8. The highest BCUT2D eigenvalue weighted by molar-refractivity contribution is 8.02. The molecule has 0 aliphatic carbocycles. The number of nitrogens with one attached hydrogen (secondary N) is 2. The number of aryl methyl sites for hydroxylation is 1. The van der Waals surface area contributed by atoms with Gasteiger partial charge in [-0.15, -0.1) is 23.1 Å². The van der Waals surface area contributed by atoms with Crippen LogP contribution in [0.4, 0.5) is 9.18 Å². The summed E-state index contributed by atoms with van der Waals surface area (Å²) in [7, 11) is 0. The Bertz CT molecular complexity index is 1970. The van der Waals surface area contributed by atoms with E-state index in [0.717, 1.165) is 27.3 Å². The highest BCUT2D eigenvalue weighted by atomic mass is 32.2. The molecule has 12 heteroatoms. The van der Waals surface area contributed by atoms with Crippen molar-refractivity contribution in [3.8, 4) is 10.4 Å². The summed E-state index contributed by atoms with van der Waals surface area (Å²) in [5, 5.41) is 26.1. The van der Waals surface area contributed by atoms with Crippen LogP contribution in [0, 0.1) is 12.7 Å². The van der Waals surface area contributed by atoms with Gasteiger partial charge in [-0.05, 0) is 49.1 Å². The number of benzene rings is 4. The van der Waals surface area contributed by atoms with Gasteiger partial charge < -0.3 is 25.7 Å². The second kappa shape index (κ2) is 15.9. The van der Waals surface area contributed by atoms with Crippen molar-refractivity contribution in [1.29, 1.82) is 0 Å². The quantitative estimate of drug-likeness (QED) is 0.101. The van der Waals surface area contributed by atoms with E-state index in [2.05, 4.69) is 15.6 Å². The Morgan fingerprint density at radius 3 is 2.00 bits per heavy atom. The van der Waals surface area contributed by atoms with Crippen molar-refractivity contribution < 1.29 is 29.0 Å². The molecule has 3 atom stereocenters. The number of aliphatic hydroxyl groups excluding tert-OH is 1. The number of carboxylic acid groups (broad SMARTS) is 1. The fourth-order valence-electron chi connectivity index (χ4n) is 6.99. The first-order chi connectivity index (χ1) is 25.4. The molecule has 1 aliphatic rings. The average molecular weight is 753 g/mol. The van der Waals surface area contributed by atoms with Crippen LogP contribution in [0.3, 0.4) is 0 Å². The van der Waals surface area contributed by atoms with Gasteiger partial charge >= 0.3 is 6.09 Å². The molecule has 6 rings (SSSR count). The molecule has 9 nitrogen and oxygen atoms in total. The molecule has 5 aromatic rings.